The van der Waals surface area contributed by atoms with Gasteiger partial charge in [0, 0.05) is 37.2 Å². The van der Waals surface area contributed by atoms with Crippen LogP contribution in [0.1, 0.15) is 144 Å². The molecule has 0 aromatic rings. The van der Waals surface area contributed by atoms with Crippen LogP contribution < -0.4 is 0 Å². The van der Waals surface area contributed by atoms with E-state index in [-0.39, 0.29) is 62.8 Å². The third-order valence-electron chi connectivity index (χ3n) is 23.0. The fraction of sp³-hybridized carbons (Fsp3) is 0.918. The Labute approximate surface area is 414 Å². The van der Waals surface area contributed by atoms with Crippen molar-refractivity contribution in [1.82, 2.24) is 0 Å². The van der Waals surface area contributed by atoms with Crippen LogP contribution in [0.4, 0.5) is 0 Å². The monoisotopic (exact) mass is 1310 g/mol. The Morgan fingerprint density at radius 3 is 2.05 bits per heavy atom. The molecule has 0 aromatic heterocycles. The van der Waals surface area contributed by atoms with E-state index in [9.17, 15) is 24.9 Å². The van der Waals surface area contributed by atoms with Crippen molar-refractivity contribution < 1.29 is 34.6 Å². The number of hydrogen-bond donors (Lipinski definition) is 3. The van der Waals surface area contributed by atoms with Gasteiger partial charge in [0.1, 0.15) is 5.60 Å². The summed E-state index contributed by atoms with van der Waals surface area (Å²) in [4.78, 5) is 24.0. The molecule has 1 heterocycles. The van der Waals surface area contributed by atoms with Gasteiger partial charge in [-0.2, -0.15) is 0 Å². The molecule has 60 heavy (non-hydrogen) atoms. The summed E-state index contributed by atoms with van der Waals surface area (Å²) >= 11 is 7.39. The predicted octanol–water partition coefficient (Wildman–Crippen LogP) is 11.6. The molecule has 0 radical (unpaired) electrons. The van der Waals surface area contributed by atoms with Crippen LogP contribution in [0.2, 0.25) is 0 Å². The van der Waals surface area contributed by atoms with Crippen molar-refractivity contribution in [2.24, 2.45) is 110 Å². The number of esters is 1. The molecule has 22 atom stereocenters. The molecular weight excluding hydrogens is 1240 g/mol. The van der Waals surface area contributed by atoms with Crippen molar-refractivity contribution in [1.29, 1.82) is 0 Å². The second kappa shape index (κ2) is 15.1. The number of carbonyl (C=O) groups is 2. The van der Waals surface area contributed by atoms with Crippen LogP contribution in [0.15, 0.2) is 11.6 Å². The molecule has 3 N–H and O–H groups in total. The number of ketones is 1. The van der Waals surface area contributed by atoms with Crippen LogP contribution in [0.5, 0.6) is 0 Å². The number of ether oxygens (including phenoxy) is 1. The molecule has 13 rings (SSSR count). The summed E-state index contributed by atoms with van der Waals surface area (Å²) in [6.45, 7) is 12.9. The summed E-state index contributed by atoms with van der Waals surface area (Å²) in [7, 11) is 0. The van der Waals surface area contributed by atoms with Gasteiger partial charge < -0.3 is 20.1 Å². The van der Waals surface area contributed by atoms with Gasteiger partial charge in [0.2, 0.25) is 0 Å². The molecular formula is C49H71I4O6V. The summed E-state index contributed by atoms with van der Waals surface area (Å²) in [5.41, 5.74) is 2.06. The van der Waals surface area contributed by atoms with Gasteiger partial charge in [0.15, 0.2) is 5.78 Å². The van der Waals surface area contributed by atoms with Gasteiger partial charge >= 0.3 is 70.8 Å². The zero-order valence-corrected chi connectivity index (χ0v) is 46.7. The number of carbonyl (C=O) groups excluding carboxylic acids is 2. The summed E-state index contributed by atoms with van der Waals surface area (Å²) in [6.07, 6.45) is 20.1. The number of halogens is 4. The molecule has 0 aromatic carbocycles. The summed E-state index contributed by atoms with van der Waals surface area (Å²) in [5.74, 6) is 10.9. The minimum absolute atomic E-state index is 0. The van der Waals surface area contributed by atoms with Crippen LogP contribution in [-0.2, 0) is 19.2 Å². The molecule has 6 nitrogen and oxygen atoms in total. The molecule has 11 heteroatoms. The standard InChI is InChI=1S/C25H40O3.C24H30O3.4HI.V/c1-22(7-4-10-26)18-12-16(18)21-20-15-11-19(15)25(28)13-14(27)5-8-23(25,2)17(20)6-9-24(21,22)3;1-22-6-3-12(25)9-17(22)13-10-14(13)20-16(22)4-7-23(2)21(20)15-11-18(15)24(23)8-5-19(26)27-24;;;;;/h14-21,26-28H,4-13H2,1-3H3;9,13-16,18,20-21H,3-8,10-11H2,1-2H3;4*1H;/q;;;;;;+3/p-3/t14-,15-,16+,17?,18-,19+,20?,21?,22+,23+,24-,25+;13-,14+,15-,16?,18+,20?,21?,22-,23+,24+;;;;;/m01...../s1. The van der Waals surface area contributed by atoms with Gasteiger partial charge in [-0.3, -0.25) is 9.59 Å². The summed E-state index contributed by atoms with van der Waals surface area (Å²) in [6, 6.07) is 0. The minimum atomic E-state index is -0.619. The predicted molar refractivity (Wildman–Crippen MR) is 265 cm³/mol. The SMILES string of the molecule is C[C@]12CCC(=O)C=C1[C@@H]1C[C@@H]1C1C2CC[C@@]2(C)C1[C@@H]1C[C@@H]1[C@@]21CCC(=O)O1.C[C@]12CCC3C(C1[C@@H]1C[C@@H]1[C@@]2(C)CCCO)[C@H]1C[C@H]1[C@]1(O)C[C@@H](O)CC[C@]31C.I.[I][V]([I])[I]. The van der Waals surface area contributed by atoms with Crippen molar-refractivity contribution in [2.75, 3.05) is 6.61 Å². The van der Waals surface area contributed by atoms with Gasteiger partial charge in [-0.05, 0) is 195 Å². The molecule has 1 aliphatic heterocycles. The normalized spacial score (nSPS) is 59.4. The van der Waals surface area contributed by atoms with E-state index in [1.165, 1.54) is 63.4 Å². The van der Waals surface area contributed by atoms with Crippen molar-refractivity contribution in [2.45, 2.75) is 161 Å². The first-order chi connectivity index (χ1) is 27.8. The van der Waals surface area contributed by atoms with Crippen molar-refractivity contribution in [3.63, 3.8) is 0 Å². The molecule has 12 fully saturated rings. The molecule has 0 bridgehead atoms. The Morgan fingerprint density at radius 1 is 0.733 bits per heavy atom. The Balaban J connectivity index is 0.000000131. The third kappa shape index (κ3) is 6.10. The first-order valence-electron chi connectivity index (χ1n) is 24.1. The number of aliphatic hydroxyl groups excluding tert-OH is 2. The first kappa shape index (κ1) is 46.0. The van der Waals surface area contributed by atoms with E-state index in [4.69, 9.17) is 4.74 Å². The van der Waals surface area contributed by atoms with Crippen LogP contribution >= 0.6 is 83.9 Å². The molecule has 12 aliphatic carbocycles. The number of allylic oxidation sites excluding steroid dienone is 1. The van der Waals surface area contributed by atoms with E-state index in [0.29, 0.717) is 65.7 Å². The van der Waals surface area contributed by atoms with Crippen molar-refractivity contribution in [3.05, 3.63) is 11.6 Å². The van der Waals surface area contributed by atoms with E-state index >= 15 is 0 Å². The summed E-state index contributed by atoms with van der Waals surface area (Å²) < 4.78 is 6.22. The second-order valence-electron chi connectivity index (χ2n) is 24.4. The van der Waals surface area contributed by atoms with E-state index in [0.717, 1.165) is 91.8 Å². The Hall–Kier alpha value is 2.26. The topological polar surface area (TPSA) is 104 Å². The van der Waals surface area contributed by atoms with Crippen molar-refractivity contribution in [3.8, 4) is 0 Å². The van der Waals surface area contributed by atoms with Crippen molar-refractivity contribution >= 4 is 95.7 Å². The zero-order valence-electron chi connectivity index (χ0n) is 36.5. The molecule has 336 valence electrons. The maximum absolute atomic E-state index is 12.2. The van der Waals surface area contributed by atoms with Crippen LogP contribution in [-0.4, -0.2) is 51.0 Å². The quantitative estimate of drug-likeness (QED) is 0.192. The van der Waals surface area contributed by atoms with Gasteiger partial charge in [-0.25, -0.2) is 0 Å². The average Bonchev–Trinajstić information content (AvgIpc) is 4.01. The van der Waals surface area contributed by atoms with Crippen LogP contribution in [0.3, 0.4) is 0 Å². The number of fused-ring (bicyclic) bond motifs is 22. The molecule has 11 saturated carbocycles. The van der Waals surface area contributed by atoms with Gasteiger partial charge in [-0.15, -0.1) is 24.0 Å². The first-order valence-corrected chi connectivity index (χ1v) is 37.6. The van der Waals surface area contributed by atoms with Crippen LogP contribution in [0, 0.1) is 110 Å². The Morgan fingerprint density at radius 2 is 1.35 bits per heavy atom. The van der Waals surface area contributed by atoms with E-state index in [2.05, 4.69) is 101 Å². The number of aliphatic hydroxyl groups is 3. The maximum atomic E-state index is 12.2. The summed E-state index contributed by atoms with van der Waals surface area (Å²) in [5, 5.41) is 31.8. The van der Waals surface area contributed by atoms with Crippen LogP contribution in [0.25, 0.3) is 0 Å². The van der Waals surface area contributed by atoms with Gasteiger partial charge in [0.05, 0.1) is 11.7 Å². The van der Waals surface area contributed by atoms with Gasteiger partial charge in [-0.1, -0.05) is 40.2 Å². The van der Waals surface area contributed by atoms with E-state index in [1.54, 1.807) is 0 Å². The number of rotatable bonds is 3. The molecule has 13 aliphatic rings. The van der Waals surface area contributed by atoms with Gasteiger partial charge in [0.25, 0.3) is 0 Å². The number of hydrogen-bond acceptors (Lipinski definition) is 6. The van der Waals surface area contributed by atoms with E-state index in [1.807, 2.05) is 0 Å². The molecule has 1 spiro atoms. The van der Waals surface area contributed by atoms with E-state index < -0.39 is 5.60 Å². The second-order valence-corrected chi connectivity index (χ2v) is 59.7. The Kier molecular flexibility index (Phi) is 11.6. The zero-order chi connectivity index (χ0) is 41.6. The Bertz CT molecular complexity index is 1850. The fourth-order valence-corrected chi connectivity index (χ4v) is 20.3. The molecule has 1 saturated heterocycles. The molecule has 6 unspecified atom stereocenters. The molecule has 0 amide bonds. The third-order valence-corrected chi connectivity index (χ3v) is 23.0. The fourth-order valence-electron chi connectivity index (χ4n) is 20.3. The average molecular weight is 1310 g/mol.